The first-order valence-corrected chi connectivity index (χ1v) is 6.96. The summed E-state index contributed by atoms with van der Waals surface area (Å²) < 4.78 is 0. The predicted octanol–water partition coefficient (Wildman–Crippen LogP) is 3.49. The van der Waals surface area contributed by atoms with Gasteiger partial charge < -0.3 is 10.4 Å². The smallest absolute Gasteiger partial charge is 0.257 e. The molecule has 1 amide bonds. The van der Waals surface area contributed by atoms with Crippen molar-refractivity contribution in [2.24, 2.45) is 0 Å². The molecule has 20 heavy (non-hydrogen) atoms. The van der Waals surface area contributed by atoms with Gasteiger partial charge in [0.2, 0.25) is 0 Å². The van der Waals surface area contributed by atoms with E-state index in [9.17, 15) is 9.90 Å². The number of carbonyl (C=O) groups excluding carboxylic acids is 1. The lowest BCUT2D eigenvalue weighted by Crippen LogP contribution is -2.19. The van der Waals surface area contributed by atoms with Gasteiger partial charge in [0.15, 0.2) is 4.84 Å². The number of hydrogen-bond donors (Lipinski definition) is 2. The molecule has 0 aliphatic heterocycles. The van der Waals surface area contributed by atoms with E-state index in [1.165, 1.54) is 0 Å². The Morgan fingerprint density at radius 3 is 2.55 bits per heavy atom. The molecule has 0 fully saturated rings. The van der Waals surface area contributed by atoms with E-state index in [2.05, 4.69) is 5.32 Å². The maximum absolute atomic E-state index is 11.6. The van der Waals surface area contributed by atoms with Gasteiger partial charge in [-0.3, -0.25) is 4.79 Å². The summed E-state index contributed by atoms with van der Waals surface area (Å²) >= 11 is 11.1. The summed E-state index contributed by atoms with van der Waals surface area (Å²) in [5.41, 5.74) is 3.92. The number of amides is 1. The summed E-state index contributed by atoms with van der Waals surface area (Å²) in [5.74, 6) is -0.509. The standard InChI is InChI=1S/C15H11Cl2NO2/c16-14(17)15(20)18-11-7-3-6-9-8-4-1-2-5-10(8)13(19)12(9)11/h1-7,13-14,19H,(H,18,20). The number of aliphatic hydroxyl groups is 1. The number of alkyl halides is 2. The SMILES string of the molecule is O=C(Nc1cccc2c1C(O)c1ccccc1-2)C(Cl)Cl. The highest BCUT2D eigenvalue weighted by Gasteiger charge is 2.29. The largest absolute Gasteiger partial charge is 0.384 e. The van der Waals surface area contributed by atoms with Gasteiger partial charge in [0.1, 0.15) is 6.10 Å². The molecule has 102 valence electrons. The van der Waals surface area contributed by atoms with Gasteiger partial charge in [-0.25, -0.2) is 0 Å². The van der Waals surface area contributed by atoms with Crippen LogP contribution in [0.3, 0.4) is 0 Å². The molecule has 0 spiro atoms. The normalized spacial score (nSPS) is 15.9. The van der Waals surface area contributed by atoms with Crippen LogP contribution in [0.25, 0.3) is 11.1 Å². The van der Waals surface area contributed by atoms with Crippen molar-refractivity contribution >= 4 is 34.8 Å². The van der Waals surface area contributed by atoms with Crippen LogP contribution in [0.15, 0.2) is 42.5 Å². The monoisotopic (exact) mass is 307 g/mol. The topological polar surface area (TPSA) is 49.3 Å². The van der Waals surface area contributed by atoms with Crippen molar-refractivity contribution in [2.45, 2.75) is 10.9 Å². The Balaban J connectivity index is 2.09. The Morgan fingerprint density at radius 1 is 1.10 bits per heavy atom. The van der Waals surface area contributed by atoms with E-state index in [-0.39, 0.29) is 0 Å². The van der Waals surface area contributed by atoms with Crippen LogP contribution in [0.4, 0.5) is 5.69 Å². The van der Waals surface area contributed by atoms with E-state index in [1.54, 1.807) is 6.07 Å². The third-order valence-corrected chi connectivity index (χ3v) is 3.78. The highest BCUT2D eigenvalue weighted by atomic mass is 35.5. The minimum absolute atomic E-state index is 0.509. The molecule has 3 rings (SSSR count). The zero-order chi connectivity index (χ0) is 14.3. The van der Waals surface area contributed by atoms with Gasteiger partial charge in [-0.05, 0) is 22.8 Å². The van der Waals surface area contributed by atoms with Crippen LogP contribution >= 0.6 is 23.2 Å². The molecule has 2 N–H and O–H groups in total. The number of halogens is 2. The fourth-order valence-corrected chi connectivity index (χ4v) is 2.64. The average Bonchev–Trinajstić information content (AvgIpc) is 2.74. The lowest BCUT2D eigenvalue weighted by Gasteiger charge is -2.13. The first-order valence-electron chi connectivity index (χ1n) is 6.09. The average molecular weight is 308 g/mol. The summed E-state index contributed by atoms with van der Waals surface area (Å²) in [6, 6.07) is 13.1. The van der Waals surface area contributed by atoms with Crippen molar-refractivity contribution in [2.75, 3.05) is 5.32 Å². The molecule has 1 aliphatic rings. The van der Waals surface area contributed by atoms with E-state index >= 15 is 0 Å². The van der Waals surface area contributed by atoms with Crippen LogP contribution in [0, 0.1) is 0 Å². The number of anilines is 1. The van der Waals surface area contributed by atoms with Gasteiger partial charge in [0, 0.05) is 11.3 Å². The van der Waals surface area contributed by atoms with Gasteiger partial charge in [0.25, 0.3) is 5.91 Å². The number of fused-ring (bicyclic) bond motifs is 3. The molecule has 2 aromatic rings. The van der Waals surface area contributed by atoms with E-state index in [1.807, 2.05) is 36.4 Å². The fourth-order valence-electron chi connectivity index (χ4n) is 2.53. The summed E-state index contributed by atoms with van der Waals surface area (Å²) in [4.78, 5) is 10.5. The summed E-state index contributed by atoms with van der Waals surface area (Å²) in [6.45, 7) is 0. The molecule has 0 saturated heterocycles. The molecule has 1 unspecified atom stereocenters. The van der Waals surface area contributed by atoms with Crippen LogP contribution in [0.1, 0.15) is 17.2 Å². The Morgan fingerprint density at radius 2 is 1.80 bits per heavy atom. The number of rotatable bonds is 2. The first kappa shape index (κ1) is 13.4. The van der Waals surface area contributed by atoms with Gasteiger partial charge in [0.05, 0.1) is 0 Å². The highest BCUT2D eigenvalue weighted by Crippen LogP contribution is 2.46. The molecule has 0 saturated carbocycles. The number of nitrogens with one attached hydrogen (secondary N) is 1. The molecule has 1 atom stereocenters. The van der Waals surface area contributed by atoms with Crippen LogP contribution in [-0.4, -0.2) is 15.8 Å². The zero-order valence-corrected chi connectivity index (χ0v) is 11.8. The lowest BCUT2D eigenvalue weighted by atomic mass is 10.0. The number of benzene rings is 2. The molecule has 0 heterocycles. The second-order valence-corrected chi connectivity index (χ2v) is 5.64. The van der Waals surface area contributed by atoms with Crippen molar-refractivity contribution in [1.82, 2.24) is 0 Å². The second-order valence-electron chi connectivity index (χ2n) is 4.55. The van der Waals surface area contributed by atoms with Crippen LogP contribution in [0.2, 0.25) is 0 Å². The summed E-state index contributed by atoms with van der Waals surface area (Å²) in [7, 11) is 0. The molecular formula is C15H11Cl2NO2. The fraction of sp³-hybridized carbons (Fsp3) is 0.133. The lowest BCUT2D eigenvalue weighted by molar-refractivity contribution is -0.114. The van der Waals surface area contributed by atoms with Crippen molar-refractivity contribution in [1.29, 1.82) is 0 Å². The second kappa shape index (κ2) is 5.09. The Kier molecular flexibility index (Phi) is 3.42. The highest BCUT2D eigenvalue weighted by molar-refractivity contribution is 6.54. The first-order chi connectivity index (χ1) is 9.59. The molecule has 0 radical (unpaired) electrons. The van der Waals surface area contributed by atoms with Crippen molar-refractivity contribution in [3.63, 3.8) is 0 Å². The van der Waals surface area contributed by atoms with Gasteiger partial charge in [-0.2, -0.15) is 0 Å². The third kappa shape index (κ3) is 2.08. The van der Waals surface area contributed by atoms with Gasteiger partial charge in [-0.15, -0.1) is 0 Å². The van der Waals surface area contributed by atoms with Crippen molar-refractivity contribution in [3.8, 4) is 11.1 Å². The molecule has 3 nitrogen and oxygen atoms in total. The maximum Gasteiger partial charge on any atom is 0.257 e. The molecule has 5 heteroatoms. The molecule has 0 aromatic heterocycles. The van der Waals surface area contributed by atoms with Crippen LogP contribution in [0.5, 0.6) is 0 Å². The number of hydrogen-bond acceptors (Lipinski definition) is 2. The van der Waals surface area contributed by atoms with Gasteiger partial charge >= 0.3 is 0 Å². The minimum Gasteiger partial charge on any atom is -0.384 e. The molecule has 2 aromatic carbocycles. The Labute approximate surface area is 126 Å². The predicted molar refractivity (Wildman–Crippen MR) is 80.1 cm³/mol. The van der Waals surface area contributed by atoms with Crippen LogP contribution in [-0.2, 0) is 4.79 Å². The van der Waals surface area contributed by atoms with Crippen LogP contribution < -0.4 is 5.32 Å². The van der Waals surface area contributed by atoms with E-state index < -0.39 is 16.8 Å². The molecule has 0 bridgehead atoms. The summed E-state index contributed by atoms with van der Waals surface area (Å²) in [6.07, 6.45) is -0.762. The maximum atomic E-state index is 11.6. The Hall–Kier alpha value is -1.55. The quantitative estimate of drug-likeness (QED) is 0.834. The molecule has 1 aliphatic carbocycles. The molecular weight excluding hydrogens is 297 g/mol. The van der Waals surface area contributed by atoms with E-state index in [0.29, 0.717) is 11.3 Å². The van der Waals surface area contributed by atoms with Crippen molar-refractivity contribution in [3.05, 3.63) is 53.6 Å². The zero-order valence-electron chi connectivity index (χ0n) is 10.3. The van der Waals surface area contributed by atoms with Gasteiger partial charge in [-0.1, -0.05) is 59.6 Å². The minimum atomic E-state index is -1.15. The van der Waals surface area contributed by atoms with Crippen molar-refractivity contribution < 1.29 is 9.90 Å². The van der Waals surface area contributed by atoms with E-state index in [0.717, 1.165) is 16.7 Å². The third-order valence-electron chi connectivity index (χ3n) is 3.38. The number of carbonyl (C=O) groups is 1. The number of aliphatic hydroxyl groups excluding tert-OH is 1. The summed E-state index contributed by atoms with van der Waals surface area (Å²) in [5, 5.41) is 13.1. The Bertz CT molecular complexity index is 685. The van der Waals surface area contributed by atoms with E-state index in [4.69, 9.17) is 23.2 Å².